The van der Waals surface area contributed by atoms with Gasteiger partial charge >= 0.3 is 5.97 Å². The number of carbonyl (C=O) groups excluding carboxylic acids is 2. The maximum absolute atomic E-state index is 13.2. The Kier molecular flexibility index (Phi) is 5.63. The summed E-state index contributed by atoms with van der Waals surface area (Å²) in [5, 5.41) is 2.77. The number of aromatic nitrogens is 1. The summed E-state index contributed by atoms with van der Waals surface area (Å²) in [6, 6.07) is 5.43. The van der Waals surface area contributed by atoms with Gasteiger partial charge in [-0.3, -0.25) is 4.79 Å². The fourth-order valence-corrected chi connectivity index (χ4v) is 5.48. The monoisotopic (exact) mass is 449 g/mol. The molecule has 2 aliphatic rings. The van der Waals surface area contributed by atoms with Crippen LogP contribution in [0.1, 0.15) is 23.3 Å². The highest BCUT2D eigenvalue weighted by Gasteiger charge is 2.40. The van der Waals surface area contributed by atoms with E-state index in [1.165, 1.54) is 28.2 Å². The number of carbonyl (C=O) groups is 2. The van der Waals surface area contributed by atoms with Crippen LogP contribution in [0.3, 0.4) is 0 Å². The van der Waals surface area contributed by atoms with E-state index in [9.17, 15) is 18.0 Å². The van der Waals surface area contributed by atoms with Crippen LogP contribution < -0.4 is 14.8 Å². The van der Waals surface area contributed by atoms with Crippen molar-refractivity contribution in [2.45, 2.75) is 23.8 Å². The Bertz CT molecular complexity index is 1130. The predicted octanol–water partition coefficient (Wildman–Crippen LogP) is 1.37. The van der Waals surface area contributed by atoms with Crippen molar-refractivity contribution in [3.8, 4) is 11.5 Å². The number of rotatable bonds is 5. The molecular weight excluding hydrogens is 426 g/mol. The van der Waals surface area contributed by atoms with E-state index in [4.69, 9.17) is 9.47 Å². The third kappa shape index (κ3) is 3.98. The first kappa shape index (κ1) is 21.2. The number of anilines is 1. The van der Waals surface area contributed by atoms with Crippen LogP contribution in [0.2, 0.25) is 0 Å². The van der Waals surface area contributed by atoms with E-state index >= 15 is 0 Å². The number of benzene rings is 1. The van der Waals surface area contributed by atoms with Crippen LogP contribution in [-0.2, 0) is 26.6 Å². The third-order valence-corrected chi connectivity index (χ3v) is 7.17. The molecular formula is C20H23N3O7S. The summed E-state index contributed by atoms with van der Waals surface area (Å²) in [5.74, 6) is 0.0551. The molecule has 1 atom stereocenters. The number of amides is 1. The van der Waals surface area contributed by atoms with Gasteiger partial charge in [-0.05, 0) is 31.0 Å². The molecule has 10 nitrogen and oxygen atoms in total. The fourth-order valence-electron chi connectivity index (χ4n) is 3.75. The number of ether oxygens (including phenoxy) is 3. The standard InChI is InChI=1S/C20H23N3O7S/c1-22-12-14(11-16(22)20(25)28-2)31(26,27)23-7-3-4-15(23)19(24)21-13-5-6-17-18(10-13)30-9-8-29-17/h5-6,10-12,15H,3-4,7-9H2,1-2H3,(H,21,24)/t15-/m1/s1. The predicted molar refractivity (Wildman–Crippen MR) is 110 cm³/mol. The molecule has 2 aromatic rings. The summed E-state index contributed by atoms with van der Waals surface area (Å²) in [7, 11) is -1.20. The molecule has 1 aromatic carbocycles. The Hall–Kier alpha value is -3.05. The van der Waals surface area contributed by atoms with Gasteiger partial charge in [0.1, 0.15) is 29.8 Å². The van der Waals surface area contributed by atoms with Crippen molar-refractivity contribution >= 4 is 27.6 Å². The smallest absolute Gasteiger partial charge is 0.354 e. The molecule has 1 fully saturated rings. The van der Waals surface area contributed by atoms with Gasteiger partial charge in [-0.1, -0.05) is 0 Å². The maximum Gasteiger partial charge on any atom is 0.354 e. The summed E-state index contributed by atoms with van der Waals surface area (Å²) in [6.07, 6.45) is 2.29. The topological polar surface area (TPSA) is 116 Å². The van der Waals surface area contributed by atoms with Crippen LogP contribution in [0.5, 0.6) is 11.5 Å². The molecule has 166 valence electrons. The maximum atomic E-state index is 13.2. The Labute approximate surface area is 179 Å². The Morgan fingerprint density at radius 2 is 1.90 bits per heavy atom. The SMILES string of the molecule is COC(=O)c1cc(S(=O)(=O)N2CCC[C@@H]2C(=O)Nc2ccc3c(c2)OCCO3)cn1C. The summed E-state index contributed by atoms with van der Waals surface area (Å²) in [6.45, 7) is 1.10. The second kappa shape index (κ2) is 8.23. The number of hydrogen-bond donors (Lipinski definition) is 1. The summed E-state index contributed by atoms with van der Waals surface area (Å²) < 4.78 is 44.7. The number of sulfonamides is 1. The van der Waals surface area contributed by atoms with Gasteiger partial charge in [-0.25, -0.2) is 13.2 Å². The first-order valence-electron chi connectivity index (χ1n) is 9.78. The minimum atomic E-state index is -3.98. The molecule has 2 aliphatic heterocycles. The van der Waals surface area contributed by atoms with Crippen LogP contribution in [0, 0.1) is 0 Å². The molecule has 31 heavy (non-hydrogen) atoms. The normalized spacial score (nSPS) is 18.6. The highest BCUT2D eigenvalue weighted by Crippen LogP contribution is 2.33. The van der Waals surface area contributed by atoms with E-state index in [0.29, 0.717) is 43.2 Å². The Morgan fingerprint density at radius 3 is 2.65 bits per heavy atom. The van der Waals surface area contributed by atoms with Crippen molar-refractivity contribution in [1.29, 1.82) is 0 Å². The van der Waals surface area contributed by atoms with Crippen molar-refractivity contribution in [3.63, 3.8) is 0 Å². The largest absolute Gasteiger partial charge is 0.486 e. The lowest BCUT2D eigenvalue weighted by atomic mass is 10.2. The van der Waals surface area contributed by atoms with Crippen LogP contribution in [0.15, 0.2) is 35.4 Å². The zero-order valence-electron chi connectivity index (χ0n) is 17.2. The highest BCUT2D eigenvalue weighted by atomic mass is 32.2. The number of fused-ring (bicyclic) bond motifs is 1. The third-order valence-electron chi connectivity index (χ3n) is 5.30. The highest BCUT2D eigenvalue weighted by molar-refractivity contribution is 7.89. The van der Waals surface area contributed by atoms with Gasteiger partial charge in [0.05, 0.1) is 7.11 Å². The van der Waals surface area contributed by atoms with Crippen molar-refractivity contribution < 1.29 is 32.2 Å². The molecule has 0 radical (unpaired) electrons. The van der Waals surface area contributed by atoms with Crippen molar-refractivity contribution in [3.05, 3.63) is 36.2 Å². The van der Waals surface area contributed by atoms with Gasteiger partial charge in [0.25, 0.3) is 0 Å². The first-order valence-corrected chi connectivity index (χ1v) is 11.2. The molecule has 0 aliphatic carbocycles. The second-order valence-corrected chi connectivity index (χ2v) is 9.18. The minimum absolute atomic E-state index is 0.0607. The zero-order valence-corrected chi connectivity index (χ0v) is 18.0. The van der Waals surface area contributed by atoms with Crippen molar-refractivity contribution in [1.82, 2.24) is 8.87 Å². The summed E-state index contributed by atoms with van der Waals surface area (Å²) >= 11 is 0. The lowest BCUT2D eigenvalue weighted by molar-refractivity contribution is -0.119. The van der Waals surface area contributed by atoms with Crippen molar-refractivity contribution in [2.75, 3.05) is 32.2 Å². The van der Waals surface area contributed by atoms with Crippen LogP contribution in [-0.4, -0.2) is 62.1 Å². The van der Waals surface area contributed by atoms with Gasteiger partial charge in [0, 0.05) is 31.5 Å². The van der Waals surface area contributed by atoms with Gasteiger partial charge in [0.15, 0.2) is 11.5 Å². The second-order valence-electron chi connectivity index (χ2n) is 7.29. The Balaban J connectivity index is 1.54. The molecule has 1 amide bonds. The Morgan fingerprint density at radius 1 is 1.16 bits per heavy atom. The number of nitrogens with zero attached hydrogens (tertiary/aromatic N) is 2. The molecule has 0 unspecified atom stereocenters. The summed E-state index contributed by atoms with van der Waals surface area (Å²) in [4.78, 5) is 24.7. The molecule has 1 aromatic heterocycles. The molecule has 1 N–H and O–H groups in total. The number of esters is 1. The average molecular weight is 449 g/mol. The van der Waals surface area contributed by atoms with Gasteiger partial charge in [0.2, 0.25) is 15.9 Å². The van der Waals surface area contributed by atoms with Crippen LogP contribution >= 0.6 is 0 Å². The average Bonchev–Trinajstić information content (AvgIpc) is 3.41. The number of hydrogen-bond acceptors (Lipinski definition) is 7. The minimum Gasteiger partial charge on any atom is -0.486 e. The zero-order chi connectivity index (χ0) is 22.2. The van der Waals surface area contributed by atoms with Crippen molar-refractivity contribution in [2.24, 2.45) is 7.05 Å². The molecule has 4 rings (SSSR count). The molecule has 1 saturated heterocycles. The number of nitrogens with one attached hydrogen (secondary N) is 1. The van der Waals surface area contributed by atoms with E-state index in [1.54, 1.807) is 25.2 Å². The lowest BCUT2D eigenvalue weighted by Crippen LogP contribution is -2.43. The summed E-state index contributed by atoms with van der Waals surface area (Å²) in [5.41, 5.74) is 0.601. The van der Waals surface area contributed by atoms with Gasteiger partial charge in [-0.15, -0.1) is 0 Å². The fraction of sp³-hybridized carbons (Fsp3) is 0.400. The molecule has 0 bridgehead atoms. The van der Waals surface area contributed by atoms with Crippen LogP contribution in [0.4, 0.5) is 5.69 Å². The van der Waals surface area contributed by atoms with Gasteiger partial charge < -0.3 is 24.1 Å². The van der Waals surface area contributed by atoms with E-state index < -0.39 is 27.9 Å². The molecule has 0 saturated carbocycles. The van der Waals surface area contributed by atoms with Crippen LogP contribution in [0.25, 0.3) is 0 Å². The molecule has 11 heteroatoms. The molecule has 0 spiro atoms. The first-order chi connectivity index (χ1) is 14.8. The number of methoxy groups -OCH3 is 1. The van der Waals surface area contributed by atoms with E-state index in [1.807, 2.05) is 0 Å². The van der Waals surface area contributed by atoms with Gasteiger partial charge in [-0.2, -0.15) is 4.31 Å². The van der Waals surface area contributed by atoms with E-state index in [2.05, 4.69) is 10.1 Å². The molecule has 3 heterocycles. The number of aryl methyl sites for hydroxylation is 1. The van der Waals surface area contributed by atoms with E-state index in [0.717, 1.165) is 0 Å². The lowest BCUT2D eigenvalue weighted by Gasteiger charge is -2.23. The van der Waals surface area contributed by atoms with E-state index in [-0.39, 0.29) is 17.1 Å². The quantitative estimate of drug-likeness (QED) is 0.686.